The van der Waals surface area contributed by atoms with Crippen LogP contribution in [0.4, 0.5) is 0 Å². The molecule has 0 aromatic heterocycles. The van der Waals surface area contributed by atoms with Crippen molar-refractivity contribution in [1.29, 1.82) is 0 Å². The smallest absolute Gasteiger partial charge is 0.338 e. The zero-order valence-corrected chi connectivity index (χ0v) is 13.1. The topological polar surface area (TPSA) is 64.6 Å². The van der Waals surface area contributed by atoms with Crippen molar-refractivity contribution in [2.24, 2.45) is 0 Å². The summed E-state index contributed by atoms with van der Waals surface area (Å²) < 4.78 is 10.3. The molecule has 1 aromatic carbocycles. The van der Waals surface area contributed by atoms with Crippen LogP contribution in [0, 0.1) is 0 Å². The molecule has 0 aliphatic heterocycles. The molecule has 0 aliphatic rings. The van der Waals surface area contributed by atoms with E-state index in [2.05, 4.69) is 5.32 Å². The van der Waals surface area contributed by atoms with Gasteiger partial charge in [-0.2, -0.15) is 0 Å². The molecule has 0 spiro atoms. The van der Waals surface area contributed by atoms with Gasteiger partial charge in [-0.3, -0.25) is 4.79 Å². The maximum Gasteiger partial charge on any atom is 0.338 e. The van der Waals surface area contributed by atoms with Crippen LogP contribution in [0.1, 0.15) is 44.5 Å². The first-order valence-electron chi connectivity index (χ1n) is 7.09. The molecule has 0 atom stereocenters. The summed E-state index contributed by atoms with van der Waals surface area (Å²) in [5, 5.41) is 2.80. The summed E-state index contributed by atoms with van der Waals surface area (Å²) in [4.78, 5) is 23.5. The van der Waals surface area contributed by atoms with E-state index in [1.165, 1.54) is 0 Å². The number of amides is 1. The van der Waals surface area contributed by atoms with Gasteiger partial charge in [-0.1, -0.05) is 6.92 Å². The molecule has 0 unspecified atom stereocenters. The fourth-order valence-electron chi connectivity index (χ4n) is 1.57. The average molecular weight is 293 g/mol. The second-order valence-electron chi connectivity index (χ2n) is 5.32. The zero-order valence-electron chi connectivity index (χ0n) is 13.1. The summed E-state index contributed by atoms with van der Waals surface area (Å²) in [6.07, 6.45) is 0.797. The molecule has 0 fully saturated rings. The number of carbonyl (C=O) groups excluding carboxylic acids is 2. The molecule has 1 N–H and O–H groups in total. The fraction of sp³-hybridized carbons (Fsp3) is 0.500. The van der Waals surface area contributed by atoms with Gasteiger partial charge < -0.3 is 14.8 Å². The van der Waals surface area contributed by atoms with Crippen LogP contribution in [-0.2, 0) is 9.53 Å². The summed E-state index contributed by atoms with van der Waals surface area (Å²) >= 11 is 0. The molecule has 1 rings (SSSR count). The van der Waals surface area contributed by atoms with Crippen LogP contribution in [-0.4, -0.2) is 30.6 Å². The van der Waals surface area contributed by atoms with Gasteiger partial charge >= 0.3 is 5.97 Å². The van der Waals surface area contributed by atoms with Gasteiger partial charge in [0.1, 0.15) is 5.75 Å². The lowest BCUT2D eigenvalue weighted by atomic mass is 10.0. The molecular weight excluding hydrogens is 270 g/mol. The Balaban J connectivity index is 2.48. The van der Waals surface area contributed by atoms with E-state index in [0.29, 0.717) is 17.9 Å². The highest BCUT2D eigenvalue weighted by Gasteiger charge is 2.19. The molecule has 116 valence electrons. The average Bonchev–Trinajstić information content (AvgIpc) is 2.45. The first-order chi connectivity index (χ1) is 9.88. The highest BCUT2D eigenvalue weighted by Crippen LogP contribution is 2.13. The van der Waals surface area contributed by atoms with Gasteiger partial charge in [0, 0.05) is 5.54 Å². The quantitative estimate of drug-likeness (QED) is 0.785. The summed E-state index contributed by atoms with van der Waals surface area (Å²) in [5.41, 5.74) is 0.0869. The molecule has 0 radical (unpaired) electrons. The Labute approximate surface area is 125 Å². The minimum atomic E-state index is -0.525. The van der Waals surface area contributed by atoms with Crippen molar-refractivity contribution >= 4 is 11.9 Å². The molecule has 0 saturated carbocycles. The molecular formula is C16H23NO4. The maximum absolute atomic E-state index is 11.8. The number of hydrogen-bond donors (Lipinski definition) is 1. The standard InChI is InChI=1S/C16H23NO4/c1-5-16(3,4)17-14(18)11-21-15(19)12-7-9-13(10-8-12)20-6-2/h7-10H,5-6,11H2,1-4H3,(H,17,18). The number of benzene rings is 1. The zero-order chi connectivity index (χ0) is 15.9. The van der Waals surface area contributed by atoms with Gasteiger partial charge in [-0.15, -0.1) is 0 Å². The van der Waals surface area contributed by atoms with E-state index in [1.807, 2.05) is 27.7 Å². The van der Waals surface area contributed by atoms with Crippen LogP contribution in [0.15, 0.2) is 24.3 Å². The number of carbonyl (C=O) groups is 2. The van der Waals surface area contributed by atoms with Crippen molar-refractivity contribution in [1.82, 2.24) is 5.32 Å². The van der Waals surface area contributed by atoms with E-state index < -0.39 is 5.97 Å². The molecule has 5 nitrogen and oxygen atoms in total. The molecule has 5 heteroatoms. The molecule has 1 amide bonds. The third kappa shape index (κ3) is 5.85. The van der Waals surface area contributed by atoms with E-state index in [4.69, 9.17) is 9.47 Å². The lowest BCUT2D eigenvalue weighted by Crippen LogP contribution is -2.44. The Hall–Kier alpha value is -2.04. The highest BCUT2D eigenvalue weighted by molar-refractivity contribution is 5.91. The van der Waals surface area contributed by atoms with Crippen LogP contribution in [0.3, 0.4) is 0 Å². The normalized spacial score (nSPS) is 10.9. The van der Waals surface area contributed by atoms with E-state index >= 15 is 0 Å². The summed E-state index contributed by atoms with van der Waals surface area (Å²) in [7, 11) is 0. The lowest BCUT2D eigenvalue weighted by molar-refractivity contribution is -0.125. The van der Waals surface area contributed by atoms with Crippen molar-refractivity contribution in [3.63, 3.8) is 0 Å². The van der Waals surface area contributed by atoms with E-state index in [9.17, 15) is 9.59 Å². The van der Waals surface area contributed by atoms with Gasteiger partial charge in [0.2, 0.25) is 0 Å². The van der Waals surface area contributed by atoms with E-state index in [0.717, 1.165) is 6.42 Å². The first kappa shape index (κ1) is 17.0. The fourth-order valence-corrected chi connectivity index (χ4v) is 1.57. The Morgan fingerprint density at radius 2 is 1.76 bits per heavy atom. The Bertz CT molecular complexity index is 480. The number of ether oxygens (including phenoxy) is 2. The third-order valence-corrected chi connectivity index (χ3v) is 3.10. The van der Waals surface area contributed by atoms with E-state index in [1.54, 1.807) is 24.3 Å². The number of nitrogens with one attached hydrogen (secondary N) is 1. The van der Waals surface area contributed by atoms with Crippen molar-refractivity contribution in [3.8, 4) is 5.75 Å². The van der Waals surface area contributed by atoms with Crippen LogP contribution >= 0.6 is 0 Å². The Morgan fingerprint density at radius 1 is 1.14 bits per heavy atom. The first-order valence-corrected chi connectivity index (χ1v) is 7.09. The lowest BCUT2D eigenvalue weighted by Gasteiger charge is -2.24. The van der Waals surface area contributed by atoms with Crippen molar-refractivity contribution < 1.29 is 19.1 Å². The monoisotopic (exact) mass is 293 g/mol. The number of esters is 1. The molecule has 0 aliphatic carbocycles. The highest BCUT2D eigenvalue weighted by atomic mass is 16.5. The SMILES string of the molecule is CCOc1ccc(C(=O)OCC(=O)NC(C)(C)CC)cc1. The van der Waals surface area contributed by atoms with Crippen LogP contribution in [0.5, 0.6) is 5.75 Å². The van der Waals surface area contributed by atoms with Crippen molar-refractivity contribution in [2.75, 3.05) is 13.2 Å². The number of rotatable bonds is 7. The molecule has 0 heterocycles. The predicted molar refractivity (Wildman–Crippen MR) is 80.4 cm³/mol. The Kier molecular flexibility index (Phi) is 6.21. The maximum atomic E-state index is 11.8. The van der Waals surface area contributed by atoms with Gasteiger partial charge in [0.15, 0.2) is 6.61 Å². The minimum absolute atomic E-state index is 0.282. The van der Waals surface area contributed by atoms with Crippen molar-refractivity contribution in [3.05, 3.63) is 29.8 Å². The summed E-state index contributed by atoms with van der Waals surface area (Å²) in [5.74, 6) is -0.139. The largest absolute Gasteiger partial charge is 0.494 e. The molecule has 0 bridgehead atoms. The van der Waals surface area contributed by atoms with Gasteiger partial charge in [-0.25, -0.2) is 4.79 Å². The summed E-state index contributed by atoms with van der Waals surface area (Å²) in [6.45, 7) is 7.98. The van der Waals surface area contributed by atoms with Crippen LogP contribution in [0.25, 0.3) is 0 Å². The number of hydrogen-bond acceptors (Lipinski definition) is 4. The third-order valence-electron chi connectivity index (χ3n) is 3.10. The Morgan fingerprint density at radius 3 is 2.29 bits per heavy atom. The second-order valence-corrected chi connectivity index (χ2v) is 5.32. The summed E-state index contributed by atoms with van der Waals surface area (Å²) in [6, 6.07) is 6.61. The van der Waals surface area contributed by atoms with Crippen LogP contribution in [0.2, 0.25) is 0 Å². The molecule has 0 saturated heterocycles. The van der Waals surface area contributed by atoms with Gasteiger partial charge in [-0.05, 0) is 51.5 Å². The van der Waals surface area contributed by atoms with Gasteiger partial charge in [0.25, 0.3) is 5.91 Å². The minimum Gasteiger partial charge on any atom is -0.494 e. The second kappa shape index (κ2) is 7.67. The molecule has 1 aromatic rings. The molecule has 21 heavy (non-hydrogen) atoms. The van der Waals surface area contributed by atoms with Crippen LogP contribution < -0.4 is 10.1 Å². The van der Waals surface area contributed by atoms with Crippen molar-refractivity contribution in [2.45, 2.75) is 39.7 Å². The predicted octanol–water partition coefficient (Wildman–Crippen LogP) is 2.55. The van der Waals surface area contributed by atoms with Gasteiger partial charge in [0.05, 0.1) is 12.2 Å². The van der Waals surface area contributed by atoms with E-state index in [-0.39, 0.29) is 18.1 Å².